The van der Waals surface area contributed by atoms with Gasteiger partial charge in [0.15, 0.2) is 0 Å². The number of rotatable bonds is 12. The van der Waals surface area contributed by atoms with Crippen LogP contribution in [-0.2, 0) is 35.5 Å². The van der Waals surface area contributed by atoms with Gasteiger partial charge in [-0.2, -0.15) is 0 Å². The summed E-state index contributed by atoms with van der Waals surface area (Å²) >= 11 is 8.12. The van der Waals surface area contributed by atoms with E-state index in [1.165, 1.54) is 0 Å². The average molecular weight is 739 g/mol. The molecule has 0 unspecified atom stereocenters. The number of carboxylic acids is 2. The highest BCUT2D eigenvalue weighted by Crippen LogP contribution is 2.49. The van der Waals surface area contributed by atoms with Crippen molar-refractivity contribution in [2.75, 3.05) is 0 Å². The van der Waals surface area contributed by atoms with Crippen LogP contribution in [0.5, 0.6) is 0 Å². The average Bonchev–Trinajstić information content (AvgIpc) is 3.94. The van der Waals surface area contributed by atoms with Gasteiger partial charge >= 0.3 is 11.9 Å². The summed E-state index contributed by atoms with van der Waals surface area (Å²) < 4.78 is 0. The second kappa shape index (κ2) is 14.3. The highest BCUT2D eigenvalue weighted by Gasteiger charge is 2.21. The first-order chi connectivity index (χ1) is 23.8. The molecule has 7 aromatic rings. The van der Waals surface area contributed by atoms with E-state index in [1.807, 2.05) is 48.5 Å². The molecule has 0 saturated carbocycles. The van der Waals surface area contributed by atoms with E-state index in [9.17, 15) is 19.8 Å². The second-order valence-corrected chi connectivity index (χ2v) is 16.7. The van der Waals surface area contributed by atoms with Crippen molar-refractivity contribution in [3.05, 3.63) is 119 Å². The molecule has 6 N–H and O–H groups in total. The van der Waals surface area contributed by atoms with Gasteiger partial charge in [-0.1, -0.05) is 48.5 Å². The fourth-order valence-corrected chi connectivity index (χ4v) is 11.4. The lowest BCUT2D eigenvalue weighted by Gasteiger charge is -2.00. The zero-order chi connectivity index (χ0) is 34.1. The maximum atomic E-state index is 11.9. The Bertz CT molecular complexity index is 2110. The molecule has 49 heavy (non-hydrogen) atoms. The van der Waals surface area contributed by atoms with E-state index in [4.69, 9.17) is 11.5 Å². The van der Waals surface area contributed by atoms with Crippen LogP contribution in [0.4, 0.5) is 0 Å². The second-order valence-electron chi connectivity index (χ2n) is 11.4. The molecular weight excluding hydrogens is 709 g/mol. The third-order valence-electron chi connectivity index (χ3n) is 8.00. The number of aliphatic carboxylic acids is 2. The molecule has 5 heterocycles. The lowest BCUT2D eigenvalue weighted by atomic mass is 10.1. The predicted molar refractivity (Wildman–Crippen MR) is 207 cm³/mol. The quantitative estimate of drug-likeness (QED) is 0.0989. The number of benzene rings is 2. The summed E-state index contributed by atoms with van der Waals surface area (Å²) in [7, 11) is 0. The van der Waals surface area contributed by atoms with Crippen LogP contribution in [0, 0.1) is 0 Å². The smallest absolute Gasteiger partial charge is 0.307 e. The summed E-state index contributed by atoms with van der Waals surface area (Å²) in [5.74, 6) is -1.77. The number of thiophene rings is 5. The van der Waals surface area contributed by atoms with Crippen LogP contribution in [0.25, 0.3) is 59.9 Å². The van der Waals surface area contributed by atoms with E-state index in [-0.39, 0.29) is 12.8 Å². The zero-order valence-electron chi connectivity index (χ0n) is 26.0. The van der Waals surface area contributed by atoms with Gasteiger partial charge in [0.05, 0.1) is 12.8 Å². The molecule has 0 aliphatic carbocycles. The van der Waals surface area contributed by atoms with Crippen molar-refractivity contribution in [2.45, 2.75) is 25.9 Å². The third-order valence-corrected chi connectivity index (χ3v) is 14.5. The summed E-state index contributed by atoms with van der Waals surface area (Å²) in [6.07, 6.45) is -0.165. The lowest BCUT2D eigenvalue weighted by molar-refractivity contribution is -0.137. The monoisotopic (exact) mass is 738 g/mol. The molecule has 2 aromatic carbocycles. The zero-order valence-corrected chi connectivity index (χ0v) is 30.1. The van der Waals surface area contributed by atoms with E-state index in [0.29, 0.717) is 13.1 Å². The predicted octanol–water partition coefficient (Wildman–Crippen LogP) is 10.2. The summed E-state index contributed by atoms with van der Waals surface area (Å²) in [4.78, 5) is 34.1. The molecule has 7 rings (SSSR count). The Labute approximate surface area is 303 Å². The first kappa shape index (κ1) is 33.3. The maximum absolute atomic E-state index is 11.9. The molecule has 0 bridgehead atoms. The summed E-state index contributed by atoms with van der Waals surface area (Å²) in [6, 6.07) is 32.9. The largest absolute Gasteiger partial charge is 0.481 e. The standard InChI is InChI=1S/C38H30N2O4S5/c39-19-21-1-5-23(6-2-21)27-9-11-29(45-27)33-15-25(17-35(41)42)37(48-33)31-13-14-32(47-31)38-26(18-36(43)44)16-34(49-38)30-12-10-28(46-30)24-7-3-22(20-40)4-8-24/h1-16H,17-20,39-40H2,(H,41,42)(H,43,44). The van der Waals surface area contributed by atoms with Crippen molar-refractivity contribution in [2.24, 2.45) is 11.5 Å². The molecule has 0 atom stereocenters. The van der Waals surface area contributed by atoms with E-state index < -0.39 is 11.9 Å². The van der Waals surface area contributed by atoms with E-state index in [1.54, 1.807) is 56.7 Å². The molecule has 11 heteroatoms. The Hall–Kier alpha value is -4.20. The van der Waals surface area contributed by atoms with Crippen molar-refractivity contribution < 1.29 is 19.8 Å². The molecular formula is C38H30N2O4S5. The molecule has 246 valence electrons. The van der Waals surface area contributed by atoms with E-state index in [0.717, 1.165) is 82.2 Å². The minimum absolute atomic E-state index is 0.0824. The molecule has 6 nitrogen and oxygen atoms in total. The van der Waals surface area contributed by atoms with Crippen LogP contribution in [0.2, 0.25) is 0 Å². The van der Waals surface area contributed by atoms with Gasteiger partial charge in [-0.25, -0.2) is 0 Å². The van der Waals surface area contributed by atoms with Gasteiger partial charge in [-0.3, -0.25) is 9.59 Å². The number of carbonyl (C=O) groups is 2. The van der Waals surface area contributed by atoms with Gasteiger partial charge in [0.2, 0.25) is 0 Å². The molecule has 0 radical (unpaired) electrons. The lowest BCUT2D eigenvalue weighted by Crippen LogP contribution is -1.99. The van der Waals surface area contributed by atoms with Gasteiger partial charge in [0.1, 0.15) is 0 Å². The molecule has 0 spiro atoms. The molecule has 5 aromatic heterocycles. The van der Waals surface area contributed by atoms with Crippen molar-refractivity contribution in [1.29, 1.82) is 0 Å². The number of hydrogen-bond acceptors (Lipinski definition) is 9. The molecule has 0 amide bonds. The van der Waals surface area contributed by atoms with Crippen molar-refractivity contribution in [1.82, 2.24) is 0 Å². The van der Waals surface area contributed by atoms with Crippen LogP contribution in [-0.4, -0.2) is 22.2 Å². The van der Waals surface area contributed by atoms with Crippen LogP contribution < -0.4 is 11.5 Å². The molecule has 0 saturated heterocycles. The van der Waals surface area contributed by atoms with Gasteiger partial charge in [0.25, 0.3) is 0 Å². The Morgan fingerprint density at radius 2 is 0.796 bits per heavy atom. The number of nitrogens with two attached hydrogens (primary N) is 2. The Morgan fingerprint density at radius 3 is 1.16 bits per heavy atom. The van der Waals surface area contributed by atoms with E-state index >= 15 is 0 Å². The SMILES string of the molecule is NCc1ccc(-c2ccc(-c3cc(CC(=O)O)c(-c4ccc(-c5sc(-c6ccc(-c7ccc(CN)cc7)s6)cc5CC(=O)O)s4)s3)s2)cc1. The molecule has 0 aliphatic rings. The fourth-order valence-electron chi connectivity index (χ4n) is 5.55. The van der Waals surface area contributed by atoms with Crippen LogP contribution in [0.1, 0.15) is 22.3 Å². The summed E-state index contributed by atoms with van der Waals surface area (Å²) in [5.41, 5.74) is 17.5. The minimum atomic E-state index is -0.883. The van der Waals surface area contributed by atoms with Gasteiger partial charge < -0.3 is 21.7 Å². The normalized spacial score (nSPS) is 11.3. The Kier molecular flexibility index (Phi) is 9.75. The first-order valence-electron chi connectivity index (χ1n) is 15.4. The third kappa shape index (κ3) is 7.24. The minimum Gasteiger partial charge on any atom is -0.481 e. The molecule has 0 fully saturated rings. The van der Waals surface area contributed by atoms with Crippen molar-refractivity contribution in [3.8, 4) is 59.9 Å². The van der Waals surface area contributed by atoms with Crippen LogP contribution in [0.3, 0.4) is 0 Å². The Balaban J connectivity index is 1.20. The van der Waals surface area contributed by atoms with Crippen molar-refractivity contribution in [3.63, 3.8) is 0 Å². The molecule has 0 aliphatic heterocycles. The maximum Gasteiger partial charge on any atom is 0.307 e. The van der Waals surface area contributed by atoms with Gasteiger partial charge in [0, 0.05) is 61.9 Å². The topological polar surface area (TPSA) is 127 Å². The van der Waals surface area contributed by atoms with Crippen LogP contribution >= 0.6 is 56.7 Å². The summed E-state index contributed by atoms with van der Waals surface area (Å²) in [6.45, 7) is 1.00. The number of carboxylic acid groups (broad SMARTS) is 2. The Morgan fingerprint density at radius 1 is 0.449 bits per heavy atom. The highest BCUT2D eigenvalue weighted by molar-refractivity contribution is 7.30. The summed E-state index contributed by atoms with van der Waals surface area (Å²) in [5, 5.41) is 19.5. The number of hydrogen-bond donors (Lipinski definition) is 4. The first-order valence-corrected chi connectivity index (χ1v) is 19.4. The van der Waals surface area contributed by atoms with Gasteiger partial charge in [-0.15, -0.1) is 56.7 Å². The highest BCUT2D eigenvalue weighted by atomic mass is 32.1. The van der Waals surface area contributed by atoms with Crippen molar-refractivity contribution >= 4 is 68.6 Å². The fraction of sp³-hybridized carbons (Fsp3) is 0.105. The van der Waals surface area contributed by atoms with Gasteiger partial charge in [-0.05, 0) is 81.9 Å². The van der Waals surface area contributed by atoms with E-state index in [2.05, 4.69) is 48.5 Å². The van der Waals surface area contributed by atoms with Crippen LogP contribution in [0.15, 0.2) is 97.1 Å².